The van der Waals surface area contributed by atoms with Gasteiger partial charge in [-0.2, -0.15) is 12.6 Å². The van der Waals surface area contributed by atoms with Crippen LogP contribution in [0.5, 0.6) is 0 Å². The van der Waals surface area contributed by atoms with E-state index in [0.717, 1.165) is 5.49 Å². The summed E-state index contributed by atoms with van der Waals surface area (Å²) in [6.07, 6.45) is 0.537. The Labute approximate surface area is 62.1 Å². The maximum absolute atomic E-state index is 10.5. The van der Waals surface area contributed by atoms with Crippen molar-refractivity contribution in [1.82, 2.24) is 0 Å². The Morgan fingerprint density at radius 3 is 2.67 bits per heavy atom. The van der Waals surface area contributed by atoms with E-state index < -0.39 is 0 Å². The Bertz CT molecular complexity index is 97.0. The predicted molar refractivity (Wildman–Crippen MR) is 43.6 cm³/mol. The summed E-state index contributed by atoms with van der Waals surface area (Å²) < 4.78 is 4.47. The molecule has 4 heteroatoms. The molecule has 0 radical (unpaired) electrons. The van der Waals surface area contributed by atoms with Crippen LogP contribution in [-0.4, -0.2) is 31.4 Å². The predicted octanol–water partition coefficient (Wildman–Crippen LogP) is 1.16. The maximum atomic E-state index is 10.5. The van der Waals surface area contributed by atoms with E-state index in [4.69, 9.17) is 0 Å². The molecule has 0 N–H and O–H groups in total. The van der Waals surface area contributed by atoms with E-state index in [-0.39, 0.29) is 13.9 Å². The van der Waals surface area contributed by atoms with Crippen molar-refractivity contribution >= 4 is 26.5 Å². The zero-order chi connectivity index (χ0) is 7.28. The highest BCUT2D eigenvalue weighted by molar-refractivity contribution is 7.89. The minimum Gasteiger partial charge on any atom is -0.469 e. The van der Waals surface area contributed by atoms with Gasteiger partial charge in [-0.1, -0.05) is 7.92 Å². The number of hydrogen-bond acceptors (Lipinski definition) is 3. The van der Waals surface area contributed by atoms with Gasteiger partial charge >= 0.3 is 5.97 Å². The first-order valence-electron chi connectivity index (χ1n) is 2.57. The summed E-state index contributed by atoms with van der Waals surface area (Å²) in [5, 5.41) is 0. The normalized spacial score (nSPS) is 12.8. The van der Waals surface area contributed by atoms with Crippen LogP contribution in [0.1, 0.15) is 0 Å². The number of methoxy groups -OCH3 is 1. The van der Waals surface area contributed by atoms with Gasteiger partial charge < -0.3 is 4.74 Å². The zero-order valence-corrected chi connectivity index (χ0v) is 7.41. The molecule has 0 saturated carbocycles. The number of hydrogen-bond donors (Lipinski definition) is 1. The molecule has 0 aliphatic carbocycles. The van der Waals surface area contributed by atoms with E-state index in [1.807, 2.05) is 6.66 Å². The molecule has 0 amide bonds. The summed E-state index contributed by atoms with van der Waals surface area (Å²) in [6, 6.07) is 0. The minimum absolute atomic E-state index is 0.127. The molecular weight excluding hydrogens is 155 g/mol. The molecule has 1 unspecified atom stereocenters. The van der Waals surface area contributed by atoms with Gasteiger partial charge in [-0.25, -0.2) is 0 Å². The molecular formula is C5H11O2PS. The standard InChI is InChI=1S/C5H11O2PS/c1-7-5(6)3-8(2)4-9/h9H,3-4H2,1-2H3. The van der Waals surface area contributed by atoms with Crippen LogP contribution in [0.4, 0.5) is 0 Å². The van der Waals surface area contributed by atoms with Gasteiger partial charge in [-0.05, 0) is 6.66 Å². The Morgan fingerprint density at radius 1 is 1.78 bits per heavy atom. The molecule has 0 aliphatic heterocycles. The number of rotatable bonds is 3. The average molecular weight is 166 g/mol. The highest BCUT2D eigenvalue weighted by Crippen LogP contribution is 2.30. The van der Waals surface area contributed by atoms with Crippen molar-refractivity contribution in [3.05, 3.63) is 0 Å². The van der Waals surface area contributed by atoms with E-state index in [1.54, 1.807) is 0 Å². The van der Waals surface area contributed by atoms with E-state index in [9.17, 15) is 4.79 Å². The summed E-state index contributed by atoms with van der Waals surface area (Å²) in [5.41, 5.74) is 0.796. The zero-order valence-electron chi connectivity index (χ0n) is 5.63. The van der Waals surface area contributed by atoms with Gasteiger partial charge in [-0.15, -0.1) is 0 Å². The second kappa shape index (κ2) is 5.07. The molecule has 54 valence electrons. The molecule has 0 fully saturated rings. The molecule has 0 aromatic rings. The molecule has 1 atom stereocenters. The molecule has 0 heterocycles. The lowest BCUT2D eigenvalue weighted by Gasteiger charge is -2.04. The molecule has 2 nitrogen and oxygen atoms in total. The van der Waals surface area contributed by atoms with Crippen molar-refractivity contribution in [3.63, 3.8) is 0 Å². The minimum atomic E-state index is -0.234. The highest BCUT2D eigenvalue weighted by atomic mass is 32.1. The second-order valence-electron chi connectivity index (χ2n) is 1.73. The van der Waals surface area contributed by atoms with Crippen molar-refractivity contribution in [3.8, 4) is 0 Å². The lowest BCUT2D eigenvalue weighted by Crippen LogP contribution is -2.04. The first-order chi connectivity index (χ1) is 4.20. The van der Waals surface area contributed by atoms with E-state index in [1.165, 1.54) is 7.11 Å². The summed E-state index contributed by atoms with van der Waals surface area (Å²) in [5.74, 6) is -0.127. The Balaban J connectivity index is 3.34. The fourth-order valence-corrected chi connectivity index (χ4v) is 1.30. The lowest BCUT2D eigenvalue weighted by atomic mass is 10.8. The number of ether oxygens (including phenoxy) is 1. The monoisotopic (exact) mass is 166 g/mol. The largest absolute Gasteiger partial charge is 0.469 e. The molecule has 0 aliphatic rings. The number of carbonyl (C=O) groups is 1. The van der Waals surface area contributed by atoms with Crippen LogP contribution >= 0.6 is 20.6 Å². The van der Waals surface area contributed by atoms with Crippen molar-refractivity contribution in [1.29, 1.82) is 0 Å². The molecule has 9 heavy (non-hydrogen) atoms. The first kappa shape index (κ1) is 9.25. The quantitative estimate of drug-likeness (QED) is 0.387. The van der Waals surface area contributed by atoms with Gasteiger partial charge in [-0.3, -0.25) is 4.79 Å². The summed E-state index contributed by atoms with van der Waals surface area (Å²) in [4.78, 5) is 10.5. The Kier molecular flexibility index (Phi) is 5.21. The molecule has 0 aromatic carbocycles. The van der Waals surface area contributed by atoms with Crippen molar-refractivity contribution in [2.75, 3.05) is 25.4 Å². The SMILES string of the molecule is COC(=O)CP(C)CS. The third kappa shape index (κ3) is 4.73. The van der Waals surface area contributed by atoms with Crippen molar-refractivity contribution in [2.24, 2.45) is 0 Å². The Hall–Kier alpha value is 0.250. The van der Waals surface area contributed by atoms with E-state index >= 15 is 0 Å². The van der Waals surface area contributed by atoms with Crippen molar-refractivity contribution < 1.29 is 9.53 Å². The maximum Gasteiger partial charge on any atom is 0.309 e. The molecule has 0 aromatic heterocycles. The highest BCUT2D eigenvalue weighted by Gasteiger charge is 2.04. The van der Waals surface area contributed by atoms with E-state index in [0.29, 0.717) is 6.16 Å². The topological polar surface area (TPSA) is 26.3 Å². The number of esters is 1. The fraction of sp³-hybridized carbons (Fsp3) is 0.800. The average Bonchev–Trinajstić information content (AvgIpc) is 1.87. The van der Waals surface area contributed by atoms with Crippen LogP contribution in [0.15, 0.2) is 0 Å². The van der Waals surface area contributed by atoms with Crippen LogP contribution in [-0.2, 0) is 9.53 Å². The molecule has 0 rings (SSSR count). The van der Waals surface area contributed by atoms with Gasteiger partial charge in [0.1, 0.15) is 0 Å². The van der Waals surface area contributed by atoms with Crippen LogP contribution < -0.4 is 0 Å². The Morgan fingerprint density at radius 2 is 2.33 bits per heavy atom. The smallest absolute Gasteiger partial charge is 0.309 e. The van der Waals surface area contributed by atoms with Crippen LogP contribution in [0, 0.1) is 0 Å². The summed E-state index contributed by atoms with van der Waals surface area (Å²) >= 11 is 4.05. The van der Waals surface area contributed by atoms with E-state index in [2.05, 4.69) is 17.4 Å². The van der Waals surface area contributed by atoms with Gasteiger partial charge in [0.25, 0.3) is 0 Å². The van der Waals surface area contributed by atoms with Crippen LogP contribution in [0.3, 0.4) is 0 Å². The third-order valence-electron chi connectivity index (χ3n) is 0.868. The third-order valence-corrected chi connectivity index (χ3v) is 3.60. The summed E-state index contributed by atoms with van der Waals surface area (Å²) in [7, 11) is 1.17. The first-order valence-corrected chi connectivity index (χ1v) is 5.36. The molecule has 0 saturated heterocycles. The lowest BCUT2D eigenvalue weighted by molar-refractivity contribution is -0.137. The second-order valence-corrected chi connectivity index (χ2v) is 4.89. The fourth-order valence-electron chi connectivity index (χ4n) is 0.335. The van der Waals surface area contributed by atoms with Gasteiger partial charge in [0.2, 0.25) is 0 Å². The van der Waals surface area contributed by atoms with Crippen LogP contribution in [0.25, 0.3) is 0 Å². The number of carbonyl (C=O) groups excluding carboxylic acids is 1. The van der Waals surface area contributed by atoms with Crippen molar-refractivity contribution in [2.45, 2.75) is 0 Å². The summed E-state index contributed by atoms with van der Waals surface area (Å²) in [6.45, 7) is 2.03. The van der Waals surface area contributed by atoms with Gasteiger partial charge in [0, 0.05) is 5.49 Å². The molecule has 0 bridgehead atoms. The van der Waals surface area contributed by atoms with Gasteiger partial charge in [0.05, 0.1) is 13.3 Å². The number of thiol groups is 1. The molecule has 0 spiro atoms. The van der Waals surface area contributed by atoms with Gasteiger partial charge in [0.15, 0.2) is 0 Å². The van der Waals surface area contributed by atoms with Crippen LogP contribution in [0.2, 0.25) is 0 Å².